The van der Waals surface area contributed by atoms with Gasteiger partial charge in [-0.15, -0.1) is 0 Å². The summed E-state index contributed by atoms with van der Waals surface area (Å²) < 4.78 is 3.72. The number of aromatic nitrogens is 4. The van der Waals surface area contributed by atoms with Gasteiger partial charge < -0.3 is 5.73 Å². The largest absolute Gasteiger partial charge is 0.330 e. The van der Waals surface area contributed by atoms with Gasteiger partial charge >= 0.3 is 0 Å². The quantitative estimate of drug-likeness (QED) is 0.827. The summed E-state index contributed by atoms with van der Waals surface area (Å²) in [6.07, 6.45) is 2.78. The van der Waals surface area contributed by atoms with Crippen LogP contribution in [0.25, 0.3) is 5.82 Å². The number of hydrogen-bond acceptors (Lipinski definition) is 3. The van der Waals surface area contributed by atoms with Gasteiger partial charge in [-0.3, -0.25) is 4.68 Å². The van der Waals surface area contributed by atoms with Crippen molar-refractivity contribution in [3.63, 3.8) is 0 Å². The highest BCUT2D eigenvalue weighted by Gasteiger charge is 2.14. The van der Waals surface area contributed by atoms with E-state index < -0.39 is 0 Å². The van der Waals surface area contributed by atoms with Crippen LogP contribution < -0.4 is 5.73 Å². The summed E-state index contributed by atoms with van der Waals surface area (Å²) in [5.41, 5.74) is 8.82. The molecule has 0 bridgehead atoms. The molecule has 2 aromatic heterocycles. The van der Waals surface area contributed by atoms with E-state index in [0.717, 1.165) is 23.6 Å². The van der Waals surface area contributed by atoms with Crippen LogP contribution in [0.4, 0.5) is 0 Å². The van der Waals surface area contributed by atoms with Gasteiger partial charge in [0.05, 0.1) is 11.4 Å². The second-order valence-electron chi connectivity index (χ2n) is 3.95. The summed E-state index contributed by atoms with van der Waals surface area (Å²) >= 11 is 0. The predicted octanol–water partition coefficient (Wildman–Crippen LogP) is 0.724. The van der Waals surface area contributed by atoms with Crippen molar-refractivity contribution in [1.82, 2.24) is 19.6 Å². The van der Waals surface area contributed by atoms with E-state index in [1.54, 1.807) is 0 Å². The fourth-order valence-electron chi connectivity index (χ4n) is 1.95. The fraction of sp³-hybridized carbons (Fsp3) is 0.455. The van der Waals surface area contributed by atoms with Gasteiger partial charge in [0.1, 0.15) is 0 Å². The molecule has 0 unspecified atom stereocenters. The molecule has 0 fully saturated rings. The van der Waals surface area contributed by atoms with Gasteiger partial charge in [-0.25, -0.2) is 4.68 Å². The second kappa shape index (κ2) is 4.09. The molecule has 5 nitrogen and oxygen atoms in total. The highest BCUT2D eigenvalue weighted by molar-refractivity contribution is 5.37. The van der Waals surface area contributed by atoms with E-state index in [1.807, 2.05) is 42.5 Å². The normalized spacial score (nSPS) is 11.0. The zero-order chi connectivity index (χ0) is 11.7. The van der Waals surface area contributed by atoms with Crippen molar-refractivity contribution in [3.05, 3.63) is 29.2 Å². The van der Waals surface area contributed by atoms with Gasteiger partial charge in [0.25, 0.3) is 0 Å². The summed E-state index contributed by atoms with van der Waals surface area (Å²) in [7, 11) is 1.93. The van der Waals surface area contributed by atoms with E-state index in [2.05, 4.69) is 10.2 Å². The standard InChI is InChI=1S/C11H17N5/c1-8-5-7-16(13-8)11-10(4-6-12)9(2)14-15(11)3/h5,7H,4,6,12H2,1-3H3. The van der Waals surface area contributed by atoms with E-state index in [0.29, 0.717) is 6.54 Å². The molecule has 0 aliphatic carbocycles. The molecule has 0 saturated heterocycles. The molecule has 0 saturated carbocycles. The van der Waals surface area contributed by atoms with E-state index in [-0.39, 0.29) is 0 Å². The Balaban J connectivity index is 2.54. The zero-order valence-electron chi connectivity index (χ0n) is 9.94. The third-order valence-corrected chi connectivity index (χ3v) is 2.65. The number of rotatable bonds is 3. The van der Waals surface area contributed by atoms with Crippen LogP contribution in [0.3, 0.4) is 0 Å². The molecule has 5 heteroatoms. The van der Waals surface area contributed by atoms with Gasteiger partial charge in [0.2, 0.25) is 0 Å². The molecule has 2 rings (SSSR count). The summed E-state index contributed by atoms with van der Waals surface area (Å²) in [5.74, 6) is 1.01. The first-order chi connectivity index (χ1) is 7.63. The first-order valence-corrected chi connectivity index (χ1v) is 5.38. The molecular formula is C11H17N5. The third-order valence-electron chi connectivity index (χ3n) is 2.65. The number of hydrogen-bond donors (Lipinski definition) is 1. The Morgan fingerprint density at radius 2 is 2.06 bits per heavy atom. The lowest BCUT2D eigenvalue weighted by atomic mass is 10.2. The van der Waals surface area contributed by atoms with Crippen LogP contribution in [0.1, 0.15) is 17.0 Å². The highest BCUT2D eigenvalue weighted by Crippen LogP contribution is 2.17. The molecule has 0 amide bonds. The Hall–Kier alpha value is -1.62. The first-order valence-electron chi connectivity index (χ1n) is 5.38. The van der Waals surface area contributed by atoms with Gasteiger partial charge in [0.15, 0.2) is 5.82 Å². The molecule has 0 spiro atoms. The Kier molecular flexibility index (Phi) is 2.78. The van der Waals surface area contributed by atoms with Gasteiger partial charge in [0, 0.05) is 18.8 Å². The van der Waals surface area contributed by atoms with Crippen LogP contribution in [0.15, 0.2) is 12.3 Å². The molecule has 0 radical (unpaired) electrons. The van der Waals surface area contributed by atoms with E-state index in [1.165, 1.54) is 5.56 Å². The molecule has 16 heavy (non-hydrogen) atoms. The lowest BCUT2D eigenvalue weighted by Crippen LogP contribution is -2.09. The number of nitrogens with two attached hydrogens (primary N) is 1. The van der Waals surface area contributed by atoms with Crippen molar-refractivity contribution in [1.29, 1.82) is 0 Å². The maximum absolute atomic E-state index is 5.62. The van der Waals surface area contributed by atoms with Crippen LogP contribution in [0, 0.1) is 13.8 Å². The maximum Gasteiger partial charge on any atom is 0.155 e. The summed E-state index contributed by atoms with van der Waals surface area (Å²) in [6.45, 7) is 4.60. The van der Waals surface area contributed by atoms with Crippen LogP contribution in [-0.2, 0) is 13.5 Å². The Morgan fingerprint density at radius 3 is 2.62 bits per heavy atom. The van der Waals surface area contributed by atoms with E-state index >= 15 is 0 Å². The topological polar surface area (TPSA) is 61.7 Å². The average Bonchev–Trinajstić information content (AvgIpc) is 2.73. The molecule has 0 aliphatic heterocycles. The second-order valence-corrected chi connectivity index (χ2v) is 3.95. The smallest absolute Gasteiger partial charge is 0.155 e. The van der Waals surface area contributed by atoms with Crippen molar-refractivity contribution in [3.8, 4) is 5.82 Å². The minimum Gasteiger partial charge on any atom is -0.330 e. The molecule has 0 aliphatic rings. The van der Waals surface area contributed by atoms with E-state index in [4.69, 9.17) is 5.73 Å². The Bertz CT molecular complexity index is 494. The van der Waals surface area contributed by atoms with Crippen LogP contribution >= 0.6 is 0 Å². The summed E-state index contributed by atoms with van der Waals surface area (Å²) in [4.78, 5) is 0. The van der Waals surface area contributed by atoms with Crippen molar-refractivity contribution in [2.24, 2.45) is 12.8 Å². The lowest BCUT2D eigenvalue weighted by Gasteiger charge is -2.05. The monoisotopic (exact) mass is 219 g/mol. The fourth-order valence-corrected chi connectivity index (χ4v) is 1.95. The highest BCUT2D eigenvalue weighted by atomic mass is 15.4. The molecule has 0 atom stereocenters. The zero-order valence-corrected chi connectivity index (χ0v) is 9.94. The molecule has 2 aromatic rings. The molecule has 86 valence electrons. The molecule has 2 heterocycles. The van der Waals surface area contributed by atoms with Crippen LogP contribution in [-0.4, -0.2) is 26.1 Å². The number of nitrogens with zero attached hydrogens (tertiary/aromatic N) is 4. The van der Waals surface area contributed by atoms with Crippen molar-refractivity contribution in [2.75, 3.05) is 6.54 Å². The molecular weight excluding hydrogens is 202 g/mol. The molecule has 2 N–H and O–H groups in total. The number of aryl methyl sites for hydroxylation is 3. The lowest BCUT2D eigenvalue weighted by molar-refractivity contribution is 0.688. The van der Waals surface area contributed by atoms with Crippen molar-refractivity contribution in [2.45, 2.75) is 20.3 Å². The van der Waals surface area contributed by atoms with Gasteiger partial charge in [-0.05, 0) is 32.9 Å². The Morgan fingerprint density at radius 1 is 1.31 bits per heavy atom. The Labute approximate surface area is 94.9 Å². The third kappa shape index (κ3) is 1.74. The summed E-state index contributed by atoms with van der Waals surface area (Å²) in [5, 5.41) is 8.83. The molecule has 0 aromatic carbocycles. The van der Waals surface area contributed by atoms with Crippen LogP contribution in [0.2, 0.25) is 0 Å². The van der Waals surface area contributed by atoms with Crippen molar-refractivity contribution >= 4 is 0 Å². The van der Waals surface area contributed by atoms with Crippen molar-refractivity contribution < 1.29 is 0 Å². The van der Waals surface area contributed by atoms with E-state index in [9.17, 15) is 0 Å². The first kappa shape index (κ1) is 10.9. The SMILES string of the molecule is Cc1ccn(-c2c(CCN)c(C)nn2C)n1. The minimum atomic E-state index is 0.625. The summed E-state index contributed by atoms with van der Waals surface area (Å²) in [6, 6.07) is 1.98. The maximum atomic E-state index is 5.62. The van der Waals surface area contributed by atoms with Gasteiger partial charge in [-0.1, -0.05) is 0 Å². The average molecular weight is 219 g/mol. The minimum absolute atomic E-state index is 0.625. The van der Waals surface area contributed by atoms with Gasteiger partial charge in [-0.2, -0.15) is 10.2 Å². The predicted molar refractivity (Wildman–Crippen MR) is 62.6 cm³/mol. The van der Waals surface area contributed by atoms with Crippen LogP contribution in [0.5, 0.6) is 0 Å².